The summed E-state index contributed by atoms with van der Waals surface area (Å²) in [5.74, 6) is -2.83. The Balaban J connectivity index is 0.000000244. The standard InChI is InChI=1S/C19H29FN2O2.C15H18FNO3/c1-14(15-9-7-6-8-10-15)22-12-16(11-20)19(5,13-22)21-17(23)24-18(2,3)4;1-10(11-6-4-3-5-7-11)17-9-12(8-16)15(2,13(17)18)14(19)20/h6-10,14,16H,11-13H2,1-5H3,(H,21,23);3-7,10,12H,8-9H2,1-2H3,(H,19,20)/t14-,16+,19-;10-,12+,15+/m11/s1. The Hall–Kier alpha value is -3.53. The number of rotatable bonds is 8. The highest BCUT2D eigenvalue weighted by atomic mass is 19.1. The van der Waals surface area contributed by atoms with Crippen LogP contribution in [-0.4, -0.2) is 77.0 Å². The van der Waals surface area contributed by atoms with Gasteiger partial charge in [-0.25, -0.2) is 4.79 Å². The molecule has 0 saturated carbocycles. The van der Waals surface area contributed by atoms with Gasteiger partial charge in [-0.15, -0.1) is 0 Å². The first-order chi connectivity index (χ1) is 20.6. The lowest BCUT2D eigenvalue weighted by Gasteiger charge is -2.32. The molecule has 242 valence electrons. The van der Waals surface area contributed by atoms with Gasteiger partial charge in [-0.05, 0) is 59.6 Å². The zero-order chi connectivity index (χ0) is 32.9. The Kier molecular flexibility index (Phi) is 11.2. The van der Waals surface area contributed by atoms with Crippen molar-refractivity contribution in [3.05, 3.63) is 71.8 Å². The quantitative estimate of drug-likeness (QED) is 0.343. The molecule has 8 nitrogen and oxygen atoms in total. The average molecular weight is 616 g/mol. The lowest BCUT2D eigenvalue weighted by Crippen LogP contribution is -2.53. The summed E-state index contributed by atoms with van der Waals surface area (Å²) in [5.41, 5.74) is -0.774. The van der Waals surface area contributed by atoms with Crippen LogP contribution in [0.3, 0.4) is 0 Å². The number of benzene rings is 2. The number of likely N-dealkylation sites (tertiary alicyclic amines) is 2. The summed E-state index contributed by atoms with van der Waals surface area (Å²) >= 11 is 0. The molecule has 0 bridgehead atoms. The maximum Gasteiger partial charge on any atom is 0.408 e. The summed E-state index contributed by atoms with van der Waals surface area (Å²) < 4.78 is 32.1. The molecule has 2 aliphatic rings. The normalized spacial score (nSPS) is 26.8. The van der Waals surface area contributed by atoms with Crippen molar-refractivity contribution in [1.29, 1.82) is 0 Å². The van der Waals surface area contributed by atoms with Gasteiger partial charge in [0.1, 0.15) is 5.60 Å². The van der Waals surface area contributed by atoms with Crippen molar-refractivity contribution >= 4 is 18.0 Å². The topological polar surface area (TPSA) is 99.2 Å². The molecule has 4 rings (SSSR count). The Bertz CT molecular complexity index is 1270. The molecule has 6 atom stereocenters. The van der Waals surface area contributed by atoms with Crippen LogP contribution >= 0.6 is 0 Å². The fraction of sp³-hybridized carbons (Fsp3) is 0.559. The lowest BCUT2D eigenvalue weighted by molar-refractivity contribution is -0.157. The zero-order valence-corrected chi connectivity index (χ0v) is 26.8. The van der Waals surface area contributed by atoms with Crippen LogP contribution in [-0.2, 0) is 14.3 Å². The molecule has 2 N–H and O–H groups in total. The number of alkyl carbamates (subject to hydrolysis) is 1. The summed E-state index contributed by atoms with van der Waals surface area (Å²) in [4.78, 5) is 39.7. The lowest BCUT2D eigenvalue weighted by atomic mass is 9.80. The van der Waals surface area contributed by atoms with Crippen molar-refractivity contribution in [2.24, 2.45) is 17.3 Å². The fourth-order valence-electron chi connectivity index (χ4n) is 5.93. The van der Waals surface area contributed by atoms with Gasteiger partial charge >= 0.3 is 12.1 Å². The number of carbonyl (C=O) groups is 3. The minimum absolute atomic E-state index is 0.133. The monoisotopic (exact) mass is 615 g/mol. The van der Waals surface area contributed by atoms with E-state index in [1.165, 1.54) is 17.4 Å². The van der Waals surface area contributed by atoms with Gasteiger partial charge in [0, 0.05) is 37.5 Å². The smallest absolute Gasteiger partial charge is 0.408 e. The number of alkyl halides is 2. The maximum atomic E-state index is 13.6. The Morgan fingerprint density at radius 3 is 1.86 bits per heavy atom. The molecule has 0 unspecified atom stereocenters. The average Bonchev–Trinajstić information content (AvgIpc) is 3.45. The third-order valence-corrected chi connectivity index (χ3v) is 9.01. The second-order valence-electron chi connectivity index (χ2n) is 13.3. The van der Waals surface area contributed by atoms with Crippen LogP contribution < -0.4 is 5.32 Å². The van der Waals surface area contributed by atoms with E-state index in [0.29, 0.717) is 13.1 Å². The number of nitrogens with zero attached hydrogens (tertiary/aromatic N) is 2. The van der Waals surface area contributed by atoms with E-state index in [1.807, 2.05) is 83.1 Å². The minimum Gasteiger partial charge on any atom is -0.480 e. The molecule has 2 amide bonds. The molecular weight excluding hydrogens is 568 g/mol. The van der Waals surface area contributed by atoms with E-state index in [1.54, 1.807) is 0 Å². The highest BCUT2D eigenvalue weighted by Crippen LogP contribution is 2.41. The first kappa shape index (κ1) is 35.0. The van der Waals surface area contributed by atoms with Crippen molar-refractivity contribution in [1.82, 2.24) is 15.1 Å². The summed E-state index contributed by atoms with van der Waals surface area (Å²) in [5, 5.41) is 12.2. The van der Waals surface area contributed by atoms with Crippen molar-refractivity contribution in [2.75, 3.05) is 33.0 Å². The van der Waals surface area contributed by atoms with Crippen molar-refractivity contribution in [2.45, 2.75) is 71.7 Å². The first-order valence-corrected chi connectivity index (χ1v) is 15.1. The van der Waals surface area contributed by atoms with Crippen LogP contribution in [0.25, 0.3) is 0 Å². The highest BCUT2D eigenvalue weighted by molar-refractivity contribution is 6.03. The molecule has 0 spiro atoms. The Morgan fingerprint density at radius 2 is 1.43 bits per heavy atom. The van der Waals surface area contributed by atoms with Crippen LogP contribution in [0.2, 0.25) is 0 Å². The number of hydrogen-bond donors (Lipinski definition) is 2. The highest BCUT2D eigenvalue weighted by Gasteiger charge is 2.57. The van der Waals surface area contributed by atoms with Crippen molar-refractivity contribution in [3.63, 3.8) is 0 Å². The molecule has 10 heteroatoms. The second-order valence-corrected chi connectivity index (χ2v) is 13.3. The molecule has 2 fully saturated rings. The largest absolute Gasteiger partial charge is 0.480 e. The molecular formula is C34H47F2N3O5. The number of carboxylic acids is 1. The second kappa shape index (κ2) is 14.1. The van der Waals surface area contributed by atoms with Gasteiger partial charge < -0.3 is 20.1 Å². The zero-order valence-electron chi connectivity index (χ0n) is 26.8. The van der Waals surface area contributed by atoms with Crippen LogP contribution in [0, 0.1) is 17.3 Å². The van der Waals surface area contributed by atoms with E-state index in [4.69, 9.17) is 4.74 Å². The molecule has 2 aliphatic heterocycles. The van der Waals surface area contributed by atoms with Gasteiger partial charge in [0.05, 0.1) is 24.9 Å². The number of hydrogen-bond acceptors (Lipinski definition) is 5. The van der Waals surface area contributed by atoms with E-state index >= 15 is 0 Å². The number of amides is 2. The number of halogens is 2. The van der Waals surface area contributed by atoms with E-state index in [9.17, 15) is 28.3 Å². The molecule has 2 aromatic rings. The van der Waals surface area contributed by atoms with Gasteiger partial charge in [0.25, 0.3) is 0 Å². The molecule has 44 heavy (non-hydrogen) atoms. The molecule has 0 aromatic heterocycles. The molecule has 0 radical (unpaired) electrons. The maximum absolute atomic E-state index is 13.6. The van der Waals surface area contributed by atoms with Crippen LogP contribution in [0.5, 0.6) is 0 Å². The van der Waals surface area contributed by atoms with Crippen LogP contribution in [0.4, 0.5) is 13.6 Å². The minimum atomic E-state index is -1.67. The van der Waals surface area contributed by atoms with Gasteiger partial charge in [-0.1, -0.05) is 60.7 Å². The van der Waals surface area contributed by atoms with Crippen LogP contribution in [0.15, 0.2) is 60.7 Å². The van der Waals surface area contributed by atoms with E-state index in [2.05, 4.69) is 29.3 Å². The van der Waals surface area contributed by atoms with E-state index in [0.717, 1.165) is 5.56 Å². The Morgan fingerprint density at radius 1 is 0.932 bits per heavy atom. The summed E-state index contributed by atoms with van der Waals surface area (Å²) in [6, 6.07) is 19.4. The third-order valence-electron chi connectivity index (χ3n) is 9.01. The van der Waals surface area contributed by atoms with Crippen molar-refractivity contribution < 1.29 is 33.0 Å². The predicted molar refractivity (Wildman–Crippen MR) is 165 cm³/mol. The summed E-state index contributed by atoms with van der Waals surface area (Å²) in [6.07, 6.45) is -0.488. The molecule has 0 aliphatic carbocycles. The first-order valence-electron chi connectivity index (χ1n) is 15.1. The van der Waals surface area contributed by atoms with Crippen LogP contribution in [0.1, 0.15) is 71.7 Å². The molecule has 2 aromatic carbocycles. The van der Waals surface area contributed by atoms with Gasteiger partial charge in [0.2, 0.25) is 5.91 Å². The molecule has 2 heterocycles. The third kappa shape index (κ3) is 7.75. The Labute approximate surface area is 259 Å². The van der Waals surface area contributed by atoms with Crippen molar-refractivity contribution in [3.8, 4) is 0 Å². The van der Waals surface area contributed by atoms with E-state index < -0.39 is 53.8 Å². The number of aliphatic carboxylic acids is 1. The number of carboxylic acid groups (broad SMARTS) is 1. The predicted octanol–water partition coefficient (Wildman–Crippen LogP) is 6.20. The number of ether oxygens (including phenoxy) is 1. The van der Waals surface area contributed by atoms with Gasteiger partial charge in [0.15, 0.2) is 5.41 Å². The number of carbonyl (C=O) groups excluding carboxylic acids is 2. The molecule has 2 saturated heterocycles. The summed E-state index contributed by atoms with van der Waals surface area (Å²) in [7, 11) is 0. The van der Waals surface area contributed by atoms with Gasteiger partial charge in [-0.2, -0.15) is 0 Å². The van der Waals surface area contributed by atoms with Gasteiger partial charge in [-0.3, -0.25) is 23.3 Å². The fourth-order valence-corrected chi connectivity index (χ4v) is 5.93. The summed E-state index contributed by atoms with van der Waals surface area (Å²) in [6.45, 7) is 12.7. The SMILES string of the molecule is C[C@H](c1ccccc1)N1C[C@H](CF)[C@](C)(C(=O)O)C1=O.C[C@H](c1ccccc1)N1C[C@H](CF)[C@](C)(NC(=O)OC(C)(C)C)C1. The number of nitrogens with one attached hydrogen (secondary N) is 1. The van der Waals surface area contributed by atoms with E-state index in [-0.39, 0.29) is 24.5 Å².